The lowest BCUT2D eigenvalue weighted by atomic mass is 10.1. The van der Waals surface area contributed by atoms with Gasteiger partial charge in [0, 0.05) is 5.39 Å². The second kappa shape index (κ2) is 6.31. The fourth-order valence-electron chi connectivity index (χ4n) is 2.43. The molecule has 0 aliphatic rings. The van der Waals surface area contributed by atoms with Crippen molar-refractivity contribution in [1.82, 2.24) is 15.1 Å². The zero-order valence-corrected chi connectivity index (χ0v) is 12.2. The molecule has 116 valence electrons. The van der Waals surface area contributed by atoms with Crippen LogP contribution in [0.3, 0.4) is 0 Å². The summed E-state index contributed by atoms with van der Waals surface area (Å²) in [5, 5.41) is 17.0. The number of para-hydroxylation sites is 1. The first-order chi connectivity index (χ1) is 11.1. The molecular formula is C17H15N3O3. The monoisotopic (exact) mass is 309 g/mol. The minimum atomic E-state index is -1.10. The molecule has 0 fully saturated rings. The van der Waals surface area contributed by atoms with Crippen LogP contribution in [0.2, 0.25) is 0 Å². The highest BCUT2D eigenvalue weighted by atomic mass is 16.4. The molecule has 1 aromatic heterocycles. The highest BCUT2D eigenvalue weighted by Gasteiger charge is 2.22. The number of benzene rings is 2. The number of rotatable bonds is 5. The number of aromatic nitrogens is 2. The number of aliphatic carboxylic acids is 1. The molecule has 0 saturated heterocycles. The zero-order chi connectivity index (χ0) is 16.2. The maximum Gasteiger partial charge on any atom is 0.330 e. The normalized spacial score (nSPS) is 12.0. The minimum absolute atomic E-state index is 0.0376. The Morgan fingerprint density at radius 3 is 2.52 bits per heavy atom. The number of carboxylic acid groups (broad SMARTS) is 1. The molecular weight excluding hydrogens is 294 g/mol. The summed E-state index contributed by atoms with van der Waals surface area (Å²) < 4.78 is 1.55. The number of carbonyl (C=O) groups is 2. The standard InChI is InChI=1S/C17H15N3O3/c21-15(11-20-14-9-5-4-8-13(14)10-18-20)19-16(17(22)23)12-6-2-1-3-7-12/h1-10,16H,11H2,(H,19,21)(H,22,23)/t16-/m0/s1. The van der Waals surface area contributed by atoms with Gasteiger partial charge in [-0.2, -0.15) is 5.10 Å². The molecule has 6 nitrogen and oxygen atoms in total. The highest BCUT2D eigenvalue weighted by molar-refractivity contribution is 5.86. The highest BCUT2D eigenvalue weighted by Crippen LogP contribution is 2.14. The lowest BCUT2D eigenvalue weighted by Crippen LogP contribution is -2.36. The topological polar surface area (TPSA) is 84.2 Å². The Morgan fingerprint density at radius 1 is 1.09 bits per heavy atom. The third-order valence-electron chi connectivity index (χ3n) is 3.53. The van der Waals surface area contributed by atoms with Gasteiger partial charge in [0.2, 0.25) is 5.91 Å². The Morgan fingerprint density at radius 2 is 1.78 bits per heavy atom. The molecule has 1 atom stereocenters. The molecule has 0 spiro atoms. The second-order valence-electron chi connectivity index (χ2n) is 5.11. The van der Waals surface area contributed by atoms with Crippen LogP contribution >= 0.6 is 0 Å². The van der Waals surface area contributed by atoms with E-state index in [1.165, 1.54) is 0 Å². The first-order valence-corrected chi connectivity index (χ1v) is 7.13. The third-order valence-corrected chi connectivity index (χ3v) is 3.53. The Kier molecular flexibility index (Phi) is 4.05. The molecule has 23 heavy (non-hydrogen) atoms. The van der Waals surface area contributed by atoms with Crippen molar-refractivity contribution in [3.63, 3.8) is 0 Å². The number of fused-ring (bicyclic) bond motifs is 1. The van der Waals surface area contributed by atoms with Gasteiger partial charge >= 0.3 is 5.97 Å². The summed E-state index contributed by atoms with van der Waals surface area (Å²) in [4.78, 5) is 23.6. The first kappa shape index (κ1) is 14.8. The van der Waals surface area contributed by atoms with Gasteiger partial charge in [0.1, 0.15) is 6.54 Å². The van der Waals surface area contributed by atoms with Crippen molar-refractivity contribution >= 4 is 22.8 Å². The van der Waals surface area contributed by atoms with E-state index in [9.17, 15) is 14.7 Å². The van der Waals surface area contributed by atoms with Gasteiger partial charge in [-0.15, -0.1) is 0 Å². The molecule has 0 aliphatic heterocycles. The maximum atomic E-state index is 12.2. The van der Waals surface area contributed by atoms with Gasteiger partial charge in [-0.3, -0.25) is 9.48 Å². The summed E-state index contributed by atoms with van der Waals surface area (Å²) in [6, 6.07) is 15.0. The summed E-state index contributed by atoms with van der Waals surface area (Å²) in [6.45, 7) is -0.0376. The van der Waals surface area contributed by atoms with Gasteiger partial charge in [0.15, 0.2) is 6.04 Å². The fraction of sp³-hybridized carbons (Fsp3) is 0.118. The second-order valence-corrected chi connectivity index (χ2v) is 5.11. The molecule has 1 amide bonds. The van der Waals surface area contributed by atoms with Gasteiger partial charge in [0.05, 0.1) is 11.7 Å². The van der Waals surface area contributed by atoms with E-state index in [0.717, 1.165) is 10.9 Å². The van der Waals surface area contributed by atoms with Crippen molar-refractivity contribution in [3.05, 3.63) is 66.4 Å². The fourth-order valence-corrected chi connectivity index (χ4v) is 2.43. The number of carbonyl (C=O) groups excluding carboxylic acids is 1. The first-order valence-electron chi connectivity index (χ1n) is 7.13. The maximum absolute atomic E-state index is 12.2. The number of hydrogen-bond donors (Lipinski definition) is 2. The molecule has 0 radical (unpaired) electrons. The molecule has 3 aromatic rings. The van der Waals surface area contributed by atoms with Crippen LogP contribution < -0.4 is 5.32 Å². The molecule has 2 aromatic carbocycles. The van der Waals surface area contributed by atoms with E-state index >= 15 is 0 Å². The van der Waals surface area contributed by atoms with Crippen LogP contribution in [0.4, 0.5) is 0 Å². The summed E-state index contributed by atoms with van der Waals surface area (Å²) >= 11 is 0. The molecule has 2 N–H and O–H groups in total. The Labute approximate surface area is 132 Å². The average molecular weight is 309 g/mol. The Balaban J connectivity index is 1.76. The van der Waals surface area contributed by atoms with Crippen molar-refractivity contribution < 1.29 is 14.7 Å². The lowest BCUT2D eigenvalue weighted by molar-refractivity contribution is -0.142. The number of amides is 1. The van der Waals surface area contributed by atoms with Crippen LogP contribution in [0.25, 0.3) is 10.9 Å². The lowest BCUT2D eigenvalue weighted by Gasteiger charge is -2.15. The average Bonchev–Trinajstić information content (AvgIpc) is 2.96. The molecule has 3 rings (SSSR count). The van der Waals surface area contributed by atoms with Crippen LogP contribution in [0.15, 0.2) is 60.8 Å². The summed E-state index contributed by atoms with van der Waals surface area (Å²) in [5.41, 5.74) is 1.35. The molecule has 0 aliphatic carbocycles. The van der Waals surface area contributed by atoms with E-state index in [2.05, 4.69) is 10.4 Å². The van der Waals surface area contributed by atoms with Gasteiger partial charge in [0.25, 0.3) is 0 Å². The van der Waals surface area contributed by atoms with E-state index in [0.29, 0.717) is 5.56 Å². The third kappa shape index (κ3) is 3.21. The summed E-state index contributed by atoms with van der Waals surface area (Å²) in [6.07, 6.45) is 1.68. The van der Waals surface area contributed by atoms with Gasteiger partial charge in [-0.1, -0.05) is 48.5 Å². The van der Waals surface area contributed by atoms with Crippen LogP contribution in [-0.4, -0.2) is 26.8 Å². The van der Waals surface area contributed by atoms with Crippen LogP contribution in [0.5, 0.6) is 0 Å². The van der Waals surface area contributed by atoms with Crippen molar-refractivity contribution in [3.8, 4) is 0 Å². The number of nitrogens with one attached hydrogen (secondary N) is 1. The van der Waals surface area contributed by atoms with Crippen molar-refractivity contribution in [1.29, 1.82) is 0 Å². The Bertz CT molecular complexity index is 842. The van der Waals surface area contributed by atoms with E-state index in [1.54, 1.807) is 41.2 Å². The molecule has 0 unspecified atom stereocenters. The van der Waals surface area contributed by atoms with Crippen LogP contribution in [-0.2, 0) is 16.1 Å². The van der Waals surface area contributed by atoms with E-state index in [-0.39, 0.29) is 6.54 Å². The van der Waals surface area contributed by atoms with E-state index < -0.39 is 17.9 Å². The van der Waals surface area contributed by atoms with Gasteiger partial charge in [-0.25, -0.2) is 4.79 Å². The predicted octanol–water partition coefficient (Wildman–Crippen LogP) is 1.98. The quantitative estimate of drug-likeness (QED) is 0.755. The minimum Gasteiger partial charge on any atom is -0.479 e. The SMILES string of the molecule is O=C(Cn1ncc2ccccc21)N[C@H](C(=O)O)c1ccccc1. The van der Waals surface area contributed by atoms with Crippen LogP contribution in [0, 0.1) is 0 Å². The summed E-state index contributed by atoms with van der Waals surface area (Å²) in [7, 11) is 0. The van der Waals surface area contributed by atoms with E-state index in [4.69, 9.17) is 0 Å². The molecule has 6 heteroatoms. The van der Waals surface area contributed by atoms with E-state index in [1.807, 2.05) is 24.3 Å². The molecule has 0 saturated carbocycles. The van der Waals surface area contributed by atoms with Crippen molar-refractivity contribution in [2.24, 2.45) is 0 Å². The van der Waals surface area contributed by atoms with Crippen molar-refractivity contribution in [2.45, 2.75) is 12.6 Å². The van der Waals surface area contributed by atoms with Crippen LogP contribution in [0.1, 0.15) is 11.6 Å². The van der Waals surface area contributed by atoms with Gasteiger partial charge < -0.3 is 10.4 Å². The predicted molar refractivity (Wildman–Crippen MR) is 84.7 cm³/mol. The number of hydrogen-bond acceptors (Lipinski definition) is 3. The number of nitrogens with zero attached hydrogens (tertiary/aromatic N) is 2. The van der Waals surface area contributed by atoms with Crippen molar-refractivity contribution in [2.75, 3.05) is 0 Å². The van der Waals surface area contributed by atoms with Gasteiger partial charge in [-0.05, 0) is 11.6 Å². The summed E-state index contributed by atoms with van der Waals surface area (Å²) in [5.74, 6) is -1.51. The molecule has 1 heterocycles. The largest absolute Gasteiger partial charge is 0.479 e. The molecule has 0 bridgehead atoms. The number of carboxylic acids is 1. The zero-order valence-electron chi connectivity index (χ0n) is 12.2. The smallest absolute Gasteiger partial charge is 0.330 e. The Hall–Kier alpha value is -3.15.